The molecule has 0 aliphatic heterocycles. The zero-order valence-electron chi connectivity index (χ0n) is 11.9. The van der Waals surface area contributed by atoms with E-state index in [2.05, 4.69) is 30.9 Å². The van der Waals surface area contributed by atoms with E-state index in [0.29, 0.717) is 22.6 Å². The number of hydrogen-bond donors (Lipinski definition) is 0. The van der Waals surface area contributed by atoms with Gasteiger partial charge in [0.05, 0.1) is 10.9 Å². The zero-order valence-corrected chi connectivity index (χ0v) is 13.5. The van der Waals surface area contributed by atoms with Crippen LogP contribution in [-0.4, -0.2) is 19.5 Å². The van der Waals surface area contributed by atoms with Gasteiger partial charge in [0, 0.05) is 23.9 Å². The van der Waals surface area contributed by atoms with E-state index in [1.807, 2.05) is 26.0 Å². The van der Waals surface area contributed by atoms with Gasteiger partial charge in [0.2, 0.25) is 0 Å². The number of hydrogen-bond acceptors (Lipinski definition) is 4. The lowest BCUT2D eigenvalue weighted by Crippen LogP contribution is -2.21. The molecule has 2 heterocycles. The van der Waals surface area contributed by atoms with Crippen molar-refractivity contribution in [1.29, 1.82) is 0 Å². The Bertz CT molecular complexity index is 900. The largest absolute Gasteiger partial charge is 0.293 e. The molecule has 0 bridgehead atoms. The van der Waals surface area contributed by atoms with Gasteiger partial charge in [-0.3, -0.25) is 9.36 Å². The highest BCUT2D eigenvalue weighted by Gasteiger charge is 2.14. The summed E-state index contributed by atoms with van der Waals surface area (Å²) in [6.45, 7) is 3.86. The Balaban J connectivity index is 2.37. The number of aryl methyl sites for hydroxylation is 2. The Morgan fingerprint density at radius 3 is 2.43 bits per heavy atom. The number of aromatic nitrogens is 4. The lowest BCUT2D eigenvalue weighted by molar-refractivity contribution is 0.840. The van der Waals surface area contributed by atoms with Gasteiger partial charge in [-0.15, -0.1) is 0 Å². The maximum Gasteiger partial charge on any atom is 0.261 e. The SMILES string of the molecule is Cc1cnc(-c2nc3c(Br)cc(C)cc3c(=O)n2C)nc1. The number of benzene rings is 1. The summed E-state index contributed by atoms with van der Waals surface area (Å²) in [6.07, 6.45) is 3.42. The third-order valence-corrected chi connectivity index (χ3v) is 3.86. The summed E-state index contributed by atoms with van der Waals surface area (Å²) in [7, 11) is 1.68. The second-order valence-corrected chi connectivity index (χ2v) is 5.88. The number of nitrogens with zero attached hydrogens (tertiary/aromatic N) is 4. The van der Waals surface area contributed by atoms with Gasteiger partial charge in [-0.1, -0.05) is 0 Å². The molecule has 5 nitrogen and oxygen atoms in total. The average molecular weight is 345 g/mol. The summed E-state index contributed by atoms with van der Waals surface area (Å²) in [6, 6.07) is 3.78. The molecular formula is C15H13BrN4O. The summed E-state index contributed by atoms with van der Waals surface area (Å²) in [5.74, 6) is 0.895. The molecule has 0 radical (unpaired) electrons. The van der Waals surface area contributed by atoms with E-state index < -0.39 is 0 Å². The molecule has 106 valence electrons. The van der Waals surface area contributed by atoms with Crippen LogP contribution in [0.1, 0.15) is 11.1 Å². The summed E-state index contributed by atoms with van der Waals surface area (Å²) in [5.41, 5.74) is 2.49. The highest BCUT2D eigenvalue weighted by atomic mass is 79.9. The first-order valence-corrected chi connectivity index (χ1v) is 7.22. The minimum Gasteiger partial charge on any atom is -0.293 e. The van der Waals surface area contributed by atoms with Crippen LogP contribution in [0.3, 0.4) is 0 Å². The Morgan fingerprint density at radius 1 is 1.10 bits per heavy atom. The van der Waals surface area contributed by atoms with E-state index in [9.17, 15) is 4.79 Å². The Labute approximate surface area is 129 Å². The normalized spacial score (nSPS) is 11.0. The molecule has 3 aromatic rings. The number of rotatable bonds is 1. The van der Waals surface area contributed by atoms with Crippen molar-refractivity contribution in [2.75, 3.05) is 0 Å². The van der Waals surface area contributed by atoms with E-state index in [-0.39, 0.29) is 5.56 Å². The van der Waals surface area contributed by atoms with Crippen molar-refractivity contribution in [2.45, 2.75) is 13.8 Å². The van der Waals surface area contributed by atoms with Crippen LogP contribution in [0.4, 0.5) is 0 Å². The predicted molar refractivity (Wildman–Crippen MR) is 85.2 cm³/mol. The lowest BCUT2D eigenvalue weighted by Gasteiger charge is -2.09. The summed E-state index contributed by atoms with van der Waals surface area (Å²) in [4.78, 5) is 25.6. The minimum absolute atomic E-state index is 0.108. The van der Waals surface area contributed by atoms with Gasteiger partial charge in [-0.25, -0.2) is 15.0 Å². The summed E-state index contributed by atoms with van der Waals surface area (Å²) in [5, 5.41) is 0.584. The first kappa shape index (κ1) is 13.9. The molecule has 0 saturated carbocycles. The van der Waals surface area contributed by atoms with Gasteiger partial charge < -0.3 is 0 Å². The quantitative estimate of drug-likeness (QED) is 0.680. The van der Waals surface area contributed by atoms with Crippen LogP contribution in [0.2, 0.25) is 0 Å². The van der Waals surface area contributed by atoms with E-state index in [4.69, 9.17) is 0 Å². The highest BCUT2D eigenvalue weighted by molar-refractivity contribution is 9.10. The highest BCUT2D eigenvalue weighted by Crippen LogP contribution is 2.23. The molecule has 1 aromatic carbocycles. The second-order valence-electron chi connectivity index (χ2n) is 5.03. The van der Waals surface area contributed by atoms with Crippen molar-refractivity contribution in [2.24, 2.45) is 7.05 Å². The van der Waals surface area contributed by atoms with Crippen LogP contribution in [0, 0.1) is 13.8 Å². The topological polar surface area (TPSA) is 60.7 Å². The van der Waals surface area contributed by atoms with Crippen LogP contribution >= 0.6 is 15.9 Å². The molecule has 3 rings (SSSR count). The molecule has 0 fully saturated rings. The van der Waals surface area contributed by atoms with E-state index in [1.54, 1.807) is 19.4 Å². The van der Waals surface area contributed by atoms with Gasteiger partial charge in [0.15, 0.2) is 11.6 Å². The first-order valence-electron chi connectivity index (χ1n) is 6.43. The third kappa shape index (κ3) is 2.35. The molecule has 2 aromatic heterocycles. The van der Waals surface area contributed by atoms with Crippen LogP contribution < -0.4 is 5.56 Å². The van der Waals surface area contributed by atoms with E-state index >= 15 is 0 Å². The smallest absolute Gasteiger partial charge is 0.261 e. The molecule has 0 unspecified atom stereocenters. The summed E-state index contributed by atoms with van der Waals surface area (Å²) < 4.78 is 2.28. The first-order chi connectivity index (χ1) is 9.97. The average Bonchev–Trinajstić information content (AvgIpc) is 2.44. The maximum absolute atomic E-state index is 12.5. The van der Waals surface area contributed by atoms with E-state index in [1.165, 1.54) is 4.57 Å². The van der Waals surface area contributed by atoms with Crippen molar-refractivity contribution >= 4 is 26.8 Å². The van der Waals surface area contributed by atoms with Crippen molar-refractivity contribution < 1.29 is 0 Å². The van der Waals surface area contributed by atoms with Crippen molar-refractivity contribution in [1.82, 2.24) is 19.5 Å². The van der Waals surface area contributed by atoms with Gasteiger partial charge in [-0.05, 0) is 53.0 Å². The number of halogens is 1. The van der Waals surface area contributed by atoms with Crippen LogP contribution in [0.15, 0.2) is 33.8 Å². The third-order valence-electron chi connectivity index (χ3n) is 3.26. The number of fused-ring (bicyclic) bond motifs is 1. The van der Waals surface area contributed by atoms with Gasteiger partial charge >= 0.3 is 0 Å². The van der Waals surface area contributed by atoms with Crippen LogP contribution in [-0.2, 0) is 7.05 Å². The fourth-order valence-corrected chi connectivity index (χ4v) is 2.84. The van der Waals surface area contributed by atoms with Crippen molar-refractivity contribution in [3.8, 4) is 11.6 Å². The fraction of sp³-hybridized carbons (Fsp3) is 0.200. The molecule has 21 heavy (non-hydrogen) atoms. The molecule has 0 N–H and O–H groups in total. The second kappa shape index (κ2) is 5.04. The van der Waals surface area contributed by atoms with Crippen molar-refractivity contribution in [3.05, 3.63) is 50.5 Å². The van der Waals surface area contributed by atoms with Crippen LogP contribution in [0.5, 0.6) is 0 Å². The molecule has 0 spiro atoms. The Kier molecular flexibility index (Phi) is 3.33. The standard InChI is InChI=1S/C15H13BrN4O/c1-8-4-10-12(11(16)5-8)19-14(20(3)15(10)21)13-17-6-9(2)7-18-13/h4-7H,1-3H3. The Hall–Kier alpha value is -2.08. The Morgan fingerprint density at radius 2 is 1.76 bits per heavy atom. The zero-order chi connectivity index (χ0) is 15.1. The molecule has 0 atom stereocenters. The summed E-state index contributed by atoms with van der Waals surface area (Å²) >= 11 is 3.47. The predicted octanol–water partition coefficient (Wildman–Crippen LogP) is 2.77. The maximum atomic E-state index is 12.5. The van der Waals surface area contributed by atoms with E-state index in [0.717, 1.165) is 15.6 Å². The van der Waals surface area contributed by atoms with Crippen molar-refractivity contribution in [3.63, 3.8) is 0 Å². The van der Waals surface area contributed by atoms with Gasteiger partial charge in [0.25, 0.3) is 5.56 Å². The molecule has 0 amide bonds. The molecule has 0 aliphatic carbocycles. The van der Waals surface area contributed by atoms with Gasteiger partial charge in [-0.2, -0.15) is 0 Å². The lowest BCUT2D eigenvalue weighted by atomic mass is 10.1. The van der Waals surface area contributed by atoms with Gasteiger partial charge in [0.1, 0.15) is 0 Å². The molecular weight excluding hydrogens is 332 g/mol. The minimum atomic E-state index is -0.108. The molecule has 6 heteroatoms. The molecule has 0 aliphatic rings. The van der Waals surface area contributed by atoms with Crippen LogP contribution in [0.25, 0.3) is 22.6 Å². The molecule has 0 saturated heterocycles. The monoisotopic (exact) mass is 344 g/mol. The fourth-order valence-electron chi connectivity index (χ4n) is 2.18.